The third kappa shape index (κ3) is 4.40. The van der Waals surface area contributed by atoms with E-state index in [2.05, 4.69) is 5.32 Å². The molecule has 3 rings (SSSR count). The average Bonchev–Trinajstić information content (AvgIpc) is 2.85. The molecule has 0 saturated carbocycles. The number of aromatic nitrogens is 2. The van der Waals surface area contributed by atoms with Crippen LogP contribution in [0.3, 0.4) is 0 Å². The van der Waals surface area contributed by atoms with E-state index in [1.807, 2.05) is 73.9 Å². The standard InChI is InChI=1S/C20H22ClN3O/c1-20(2,3)23-19(25)13-24-17-7-5-4-6-16(17)22-18(24)12-14-8-10-15(21)11-9-14/h4-11H,12-13H2,1-3H3,(H,23,25). The van der Waals surface area contributed by atoms with Gasteiger partial charge in [-0.15, -0.1) is 0 Å². The van der Waals surface area contributed by atoms with Crippen molar-refractivity contribution in [2.75, 3.05) is 0 Å². The Bertz CT molecular complexity index is 891. The third-order valence-corrected chi connectivity index (χ3v) is 4.08. The van der Waals surface area contributed by atoms with Crippen molar-refractivity contribution in [1.29, 1.82) is 0 Å². The van der Waals surface area contributed by atoms with E-state index in [-0.39, 0.29) is 18.0 Å². The van der Waals surface area contributed by atoms with Crippen molar-refractivity contribution in [3.05, 3.63) is 64.9 Å². The molecule has 130 valence electrons. The number of halogens is 1. The van der Waals surface area contributed by atoms with Crippen LogP contribution in [0.15, 0.2) is 48.5 Å². The Balaban J connectivity index is 1.94. The number of carbonyl (C=O) groups excluding carboxylic acids is 1. The SMILES string of the molecule is CC(C)(C)NC(=O)Cn1c(Cc2ccc(Cl)cc2)nc2ccccc21. The molecule has 0 aliphatic rings. The molecule has 1 N–H and O–H groups in total. The Kier molecular flexibility index (Phi) is 4.82. The molecule has 1 amide bonds. The first-order valence-corrected chi connectivity index (χ1v) is 8.69. The van der Waals surface area contributed by atoms with Gasteiger partial charge < -0.3 is 9.88 Å². The second kappa shape index (κ2) is 6.89. The zero-order chi connectivity index (χ0) is 18.0. The van der Waals surface area contributed by atoms with E-state index >= 15 is 0 Å². The van der Waals surface area contributed by atoms with Crippen molar-refractivity contribution in [1.82, 2.24) is 14.9 Å². The van der Waals surface area contributed by atoms with E-state index in [0.29, 0.717) is 11.4 Å². The second-order valence-corrected chi connectivity index (χ2v) is 7.64. The number of rotatable bonds is 4. The molecule has 1 aromatic heterocycles. The van der Waals surface area contributed by atoms with Gasteiger partial charge in [-0.25, -0.2) is 4.98 Å². The van der Waals surface area contributed by atoms with Gasteiger partial charge in [-0.1, -0.05) is 35.9 Å². The van der Waals surface area contributed by atoms with Crippen LogP contribution < -0.4 is 5.32 Å². The zero-order valence-corrected chi connectivity index (χ0v) is 15.5. The summed E-state index contributed by atoms with van der Waals surface area (Å²) in [6.07, 6.45) is 0.647. The highest BCUT2D eigenvalue weighted by Crippen LogP contribution is 2.19. The Labute approximate surface area is 152 Å². The summed E-state index contributed by atoms with van der Waals surface area (Å²) in [6, 6.07) is 15.6. The van der Waals surface area contributed by atoms with Crippen molar-refractivity contribution in [2.45, 2.75) is 39.3 Å². The maximum Gasteiger partial charge on any atom is 0.240 e. The lowest BCUT2D eigenvalue weighted by Crippen LogP contribution is -2.42. The van der Waals surface area contributed by atoms with Crippen LogP contribution in [0.2, 0.25) is 5.02 Å². The van der Waals surface area contributed by atoms with E-state index in [1.54, 1.807) is 0 Å². The van der Waals surface area contributed by atoms with Crippen molar-refractivity contribution >= 4 is 28.5 Å². The molecule has 0 bridgehead atoms. The fourth-order valence-electron chi connectivity index (χ4n) is 2.82. The van der Waals surface area contributed by atoms with Crippen LogP contribution in [-0.2, 0) is 17.8 Å². The Morgan fingerprint density at radius 1 is 1.12 bits per heavy atom. The van der Waals surface area contributed by atoms with Gasteiger partial charge in [0, 0.05) is 17.0 Å². The van der Waals surface area contributed by atoms with Crippen LogP contribution in [0.4, 0.5) is 0 Å². The largest absolute Gasteiger partial charge is 0.350 e. The molecule has 0 spiro atoms. The minimum absolute atomic E-state index is 0.0204. The summed E-state index contributed by atoms with van der Waals surface area (Å²) in [6.45, 7) is 6.18. The molecule has 0 radical (unpaired) electrons. The number of amides is 1. The number of carbonyl (C=O) groups is 1. The van der Waals surface area contributed by atoms with Gasteiger partial charge in [0.1, 0.15) is 12.4 Å². The van der Waals surface area contributed by atoms with Crippen molar-refractivity contribution < 1.29 is 4.79 Å². The summed E-state index contributed by atoms with van der Waals surface area (Å²) >= 11 is 5.97. The molecular weight excluding hydrogens is 334 g/mol. The predicted molar refractivity (Wildman–Crippen MR) is 102 cm³/mol. The lowest BCUT2D eigenvalue weighted by atomic mass is 10.1. The number of nitrogens with zero attached hydrogens (tertiary/aromatic N) is 2. The smallest absolute Gasteiger partial charge is 0.240 e. The van der Waals surface area contributed by atoms with Crippen LogP contribution in [0.25, 0.3) is 11.0 Å². The van der Waals surface area contributed by atoms with Gasteiger partial charge >= 0.3 is 0 Å². The van der Waals surface area contributed by atoms with Gasteiger partial charge in [-0.05, 0) is 50.6 Å². The summed E-state index contributed by atoms with van der Waals surface area (Å²) < 4.78 is 1.99. The van der Waals surface area contributed by atoms with Crippen LogP contribution in [0, 0.1) is 0 Å². The highest BCUT2D eigenvalue weighted by molar-refractivity contribution is 6.30. The lowest BCUT2D eigenvalue weighted by molar-refractivity contribution is -0.123. The Morgan fingerprint density at radius 3 is 2.48 bits per heavy atom. The molecule has 25 heavy (non-hydrogen) atoms. The van der Waals surface area contributed by atoms with E-state index in [0.717, 1.165) is 22.4 Å². The maximum atomic E-state index is 12.4. The first-order valence-electron chi connectivity index (χ1n) is 8.31. The molecule has 0 unspecified atom stereocenters. The molecule has 0 aliphatic heterocycles. The molecule has 5 heteroatoms. The topological polar surface area (TPSA) is 46.9 Å². The Hall–Kier alpha value is -2.33. The zero-order valence-electron chi connectivity index (χ0n) is 14.7. The number of fused-ring (bicyclic) bond motifs is 1. The van der Waals surface area contributed by atoms with E-state index in [9.17, 15) is 4.79 Å². The lowest BCUT2D eigenvalue weighted by Gasteiger charge is -2.21. The van der Waals surface area contributed by atoms with Crippen molar-refractivity contribution in [3.63, 3.8) is 0 Å². The maximum absolute atomic E-state index is 12.4. The minimum Gasteiger partial charge on any atom is -0.350 e. The van der Waals surface area contributed by atoms with Crippen LogP contribution in [0.1, 0.15) is 32.2 Å². The van der Waals surface area contributed by atoms with Gasteiger partial charge in [0.15, 0.2) is 0 Å². The van der Waals surface area contributed by atoms with E-state index in [4.69, 9.17) is 16.6 Å². The fraction of sp³-hybridized carbons (Fsp3) is 0.300. The third-order valence-electron chi connectivity index (χ3n) is 3.83. The van der Waals surface area contributed by atoms with Gasteiger partial charge in [0.2, 0.25) is 5.91 Å². The van der Waals surface area contributed by atoms with Gasteiger partial charge in [0.05, 0.1) is 11.0 Å². The van der Waals surface area contributed by atoms with Crippen LogP contribution in [0.5, 0.6) is 0 Å². The predicted octanol–water partition coefficient (Wildman–Crippen LogP) is 4.20. The number of hydrogen-bond donors (Lipinski definition) is 1. The van der Waals surface area contributed by atoms with Crippen LogP contribution in [-0.4, -0.2) is 21.0 Å². The highest BCUT2D eigenvalue weighted by Gasteiger charge is 2.17. The first kappa shape index (κ1) is 17.5. The Morgan fingerprint density at radius 2 is 1.80 bits per heavy atom. The fourth-order valence-corrected chi connectivity index (χ4v) is 2.95. The van der Waals surface area contributed by atoms with Gasteiger partial charge in [-0.3, -0.25) is 4.79 Å². The first-order chi connectivity index (χ1) is 11.8. The quantitative estimate of drug-likeness (QED) is 0.762. The van der Waals surface area contributed by atoms with Crippen LogP contribution >= 0.6 is 11.6 Å². The summed E-state index contributed by atoms with van der Waals surface area (Å²) in [7, 11) is 0. The summed E-state index contributed by atoms with van der Waals surface area (Å²) in [4.78, 5) is 17.2. The summed E-state index contributed by atoms with van der Waals surface area (Å²) in [5.74, 6) is 0.848. The number of hydrogen-bond acceptors (Lipinski definition) is 2. The summed E-state index contributed by atoms with van der Waals surface area (Å²) in [5, 5.41) is 3.73. The highest BCUT2D eigenvalue weighted by atomic mass is 35.5. The van der Waals surface area contributed by atoms with E-state index < -0.39 is 0 Å². The number of imidazole rings is 1. The minimum atomic E-state index is -0.260. The second-order valence-electron chi connectivity index (χ2n) is 7.20. The van der Waals surface area contributed by atoms with Gasteiger partial charge in [0.25, 0.3) is 0 Å². The van der Waals surface area contributed by atoms with Gasteiger partial charge in [-0.2, -0.15) is 0 Å². The summed E-state index contributed by atoms with van der Waals surface area (Å²) in [5.41, 5.74) is 2.71. The molecular formula is C20H22ClN3O. The molecule has 2 aromatic carbocycles. The molecule has 0 atom stereocenters. The monoisotopic (exact) mass is 355 g/mol. The molecule has 0 fully saturated rings. The number of nitrogens with one attached hydrogen (secondary N) is 1. The molecule has 3 aromatic rings. The average molecular weight is 356 g/mol. The van der Waals surface area contributed by atoms with E-state index in [1.165, 1.54) is 0 Å². The molecule has 1 heterocycles. The number of para-hydroxylation sites is 2. The molecule has 0 aliphatic carbocycles. The van der Waals surface area contributed by atoms with Crippen molar-refractivity contribution in [3.8, 4) is 0 Å². The molecule has 0 saturated heterocycles. The number of benzene rings is 2. The molecule has 4 nitrogen and oxygen atoms in total. The van der Waals surface area contributed by atoms with Crippen molar-refractivity contribution in [2.24, 2.45) is 0 Å². The normalized spacial score (nSPS) is 11.7.